The number of rotatable bonds is 0. The monoisotopic (exact) mass is 212 g/mol. The molecule has 0 aromatic heterocycles. The molecule has 16 heavy (non-hydrogen) atoms. The molecular weight excluding hydrogens is 192 g/mol. The molecule has 11 atom stereocenters. The van der Waals surface area contributed by atoms with E-state index < -0.39 is 0 Å². The molecule has 8 fully saturated rings. The molecule has 0 aromatic rings. The van der Waals surface area contributed by atoms with Gasteiger partial charge in [0.25, 0.3) is 0 Å². The smallest absolute Gasteiger partial charge is 0.0224 e. The van der Waals surface area contributed by atoms with Gasteiger partial charge in [-0.1, -0.05) is 0 Å². The molecule has 84 valence electrons. The van der Waals surface area contributed by atoms with Crippen molar-refractivity contribution in [2.75, 3.05) is 0 Å². The molecule has 5 bridgehead atoms. The van der Waals surface area contributed by atoms with E-state index in [0.29, 0.717) is 0 Å². The summed E-state index contributed by atoms with van der Waals surface area (Å²) in [5, 5.41) is 0. The normalized spacial score (nSPS) is 87.0. The van der Waals surface area contributed by atoms with Gasteiger partial charge >= 0.3 is 0 Å². The lowest BCUT2D eigenvalue weighted by Gasteiger charge is -2.89. The summed E-state index contributed by atoms with van der Waals surface area (Å²) in [5.41, 5.74) is 0.992. The first-order chi connectivity index (χ1) is 7.88. The van der Waals surface area contributed by atoms with Crippen molar-refractivity contribution in [3.63, 3.8) is 0 Å². The van der Waals surface area contributed by atoms with E-state index in [1.165, 1.54) is 59.2 Å². The van der Waals surface area contributed by atoms with E-state index in [9.17, 15) is 0 Å². The molecule has 0 amide bonds. The van der Waals surface area contributed by atoms with Crippen molar-refractivity contribution in [3.05, 3.63) is 0 Å². The SMILES string of the molecule is C1C2CC34CC1C3C1C3C5CC2CC5C3C14. The van der Waals surface area contributed by atoms with Crippen molar-refractivity contribution >= 4 is 0 Å². The molecule has 0 heterocycles. The average Bonchev–Trinajstić information content (AvgIpc) is 2.64. The first kappa shape index (κ1) is 7.44. The van der Waals surface area contributed by atoms with Gasteiger partial charge in [-0.3, -0.25) is 0 Å². The van der Waals surface area contributed by atoms with Crippen LogP contribution in [0.3, 0.4) is 0 Å². The van der Waals surface area contributed by atoms with Crippen LogP contribution in [0.25, 0.3) is 0 Å². The quantitative estimate of drug-likeness (QED) is 0.578. The fourth-order valence-corrected chi connectivity index (χ4v) is 9.37. The van der Waals surface area contributed by atoms with Crippen molar-refractivity contribution in [1.29, 1.82) is 0 Å². The third kappa shape index (κ3) is 0.432. The van der Waals surface area contributed by atoms with Crippen LogP contribution in [0.2, 0.25) is 0 Å². The Morgan fingerprint density at radius 1 is 0.625 bits per heavy atom. The molecule has 0 saturated heterocycles. The Morgan fingerprint density at radius 2 is 1.44 bits per heavy atom. The highest BCUT2D eigenvalue weighted by atomic mass is 14.9. The van der Waals surface area contributed by atoms with Gasteiger partial charge < -0.3 is 0 Å². The Bertz CT molecular complexity index is 439. The Hall–Kier alpha value is 0. The van der Waals surface area contributed by atoms with Crippen LogP contribution in [0.4, 0.5) is 0 Å². The van der Waals surface area contributed by atoms with Crippen LogP contribution in [0.5, 0.6) is 0 Å². The first-order valence-electron chi connectivity index (χ1n) is 7.88. The Balaban J connectivity index is 1.52. The fourth-order valence-electron chi connectivity index (χ4n) is 9.37. The predicted octanol–water partition coefficient (Wildman–Crippen LogP) is 3.18. The van der Waals surface area contributed by atoms with Gasteiger partial charge in [0.2, 0.25) is 0 Å². The Morgan fingerprint density at radius 3 is 2.38 bits per heavy atom. The van der Waals surface area contributed by atoms with Gasteiger partial charge in [-0.2, -0.15) is 0 Å². The van der Waals surface area contributed by atoms with Gasteiger partial charge in [0, 0.05) is 0 Å². The topological polar surface area (TPSA) is 0 Å². The van der Waals surface area contributed by atoms with Gasteiger partial charge in [-0.15, -0.1) is 0 Å². The van der Waals surface area contributed by atoms with E-state index >= 15 is 0 Å². The zero-order valence-corrected chi connectivity index (χ0v) is 9.81. The van der Waals surface area contributed by atoms with Gasteiger partial charge in [-0.25, -0.2) is 0 Å². The van der Waals surface area contributed by atoms with Crippen molar-refractivity contribution in [1.82, 2.24) is 0 Å². The van der Waals surface area contributed by atoms with E-state index in [2.05, 4.69) is 0 Å². The van der Waals surface area contributed by atoms with Crippen LogP contribution in [0.15, 0.2) is 0 Å². The van der Waals surface area contributed by atoms with Crippen LogP contribution >= 0.6 is 0 Å². The van der Waals surface area contributed by atoms with Gasteiger partial charge in [0.1, 0.15) is 0 Å². The lowest BCUT2D eigenvalue weighted by atomic mass is 9.15. The first-order valence-corrected chi connectivity index (χ1v) is 7.88. The van der Waals surface area contributed by atoms with Crippen LogP contribution < -0.4 is 0 Å². The average molecular weight is 212 g/mol. The summed E-state index contributed by atoms with van der Waals surface area (Å²) in [5.74, 6) is 12.6. The second-order valence-electron chi connectivity index (χ2n) is 8.74. The van der Waals surface area contributed by atoms with E-state index in [0.717, 1.165) is 5.41 Å². The molecule has 8 aliphatic rings. The molecule has 0 aromatic carbocycles. The summed E-state index contributed by atoms with van der Waals surface area (Å²) in [6, 6.07) is 0. The summed E-state index contributed by atoms with van der Waals surface area (Å²) in [7, 11) is 0. The summed E-state index contributed by atoms with van der Waals surface area (Å²) >= 11 is 0. The largest absolute Gasteiger partial charge is 0.0470 e. The van der Waals surface area contributed by atoms with Gasteiger partial charge in [-0.05, 0) is 96.7 Å². The molecule has 0 aliphatic heterocycles. The van der Waals surface area contributed by atoms with E-state index in [1.54, 1.807) is 32.1 Å². The standard InChI is InChI=1S/C16H20/c1-7-4-16-5-8(1)14(16)13-11-9-2-6(7)3-10(9)12(11)15(13)16/h6-15H,1-5H2. The lowest BCUT2D eigenvalue weighted by molar-refractivity contribution is -0.417. The third-order valence-electron chi connectivity index (χ3n) is 9.21. The van der Waals surface area contributed by atoms with Gasteiger partial charge in [0.05, 0.1) is 0 Å². The molecule has 8 aliphatic carbocycles. The summed E-state index contributed by atoms with van der Waals surface area (Å²) < 4.78 is 0. The molecule has 0 N–H and O–H groups in total. The maximum absolute atomic E-state index is 1.71. The van der Waals surface area contributed by atoms with Crippen molar-refractivity contribution in [2.45, 2.75) is 32.1 Å². The zero-order chi connectivity index (χ0) is 9.81. The molecule has 8 saturated carbocycles. The third-order valence-corrected chi connectivity index (χ3v) is 9.21. The fraction of sp³-hybridized carbons (Fsp3) is 1.00. The van der Waals surface area contributed by atoms with Crippen LogP contribution in [-0.4, -0.2) is 0 Å². The van der Waals surface area contributed by atoms with Crippen molar-refractivity contribution in [3.8, 4) is 0 Å². The minimum absolute atomic E-state index is 0.992. The van der Waals surface area contributed by atoms with E-state index in [4.69, 9.17) is 0 Å². The molecule has 0 nitrogen and oxygen atoms in total. The highest BCUT2D eigenvalue weighted by Crippen LogP contribution is 2.92. The molecule has 11 unspecified atom stereocenters. The number of fused-ring (bicyclic) bond motifs is 3. The van der Waals surface area contributed by atoms with Crippen LogP contribution in [-0.2, 0) is 0 Å². The summed E-state index contributed by atoms with van der Waals surface area (Å²) in [4.78, 5) is 0. The highest BCUT2D eigenvalue weighted by molar-refractivity contribution is 5.34. The summed E-state index contributed by atoms with van der Waals surface area (Å²) in [6.45, 7) is 0. The van der Waals surface area contributed by atoms with Crippen LogP contribution in [0.1, 0.15) is 32.1 Å². The highest BCUT2D eigenvalue weighted by Gasteiger charge is 2.87. The number of hydrogen-bond donors (Lipinski definition) is 0. The van der Waals surface area contributed by atoms with E-state index in [1.807, 2.05) is 0 Å². The van der Waals surface area contributed by atoms with Gasteiger partial charge in [0.15, 0.2) is 0 Å². The summed E-state index contributed by atoms with van der Waals surface area (Å²) in [6.07, 6.45) is 8.46. The molecule has 1 spiro atoms. The van der Waals surface area contributed by atoms with Crippen molar-refractivity contribution in [2.24, 2.45) is 64.6 Å². The molecule has 0 radical (unpaired) electrons. The molecule has 0 heteroatoms. The lowest BCUT2D eigenvalue weighted by Crippen LogP contribution is -2.84. The second-order valence-corrected chi connectivity index (χ2v) is 8.74. The molecule has 8 rings (SSSR count). The predicted molar refractivity (Wildman–Crippen MR) is 60.4 cm³/mol. The maximum atomic E-state index is 1.71. The minimum Gasteiger partial charge on any atom is -0.0470 e. The second kappa shape index (κ2) is 1.75. The zero-order valence-electron chi connectivity index (χ0n) is 9.81. The van der Waals surface area contributed by atoms with E-state index in [-0.39, 0.29) is 0 Å². The maximum Gasteiger partial charge on any atom is -0.0224 e. The Kier molecular flexibility index (Phi) is 0.813. The minimum atomic E-state index is 0.992. The number of hydrogen-bond acceptors (Lipinski definition) is 0. The molecular formula is C16H20. The Labute approximate surface area is 97.2 Å². The van der Waals surface area contributed by atoms with Crippen LogP contribution in [0, 0.1) is 64.6 Å². The van der Waals surface area contributed by atoms with Crippen molar-refractivity contribution < 1.29 is 0 Å².